The molecule has 9 heteroatoms. The number of likely N-dealkylation sites (N-methyl/N-ethyl adjacent to an activating group) is 1. The molecule has 9 nitrogen and oxygen atoms in total. The van der Waals surface area contributed by atoms with Crippen molar-refractivity contribution in [3.05, 3.63) is 158 Å². The van der Waals surface area contributed by atoms with E-state index in [9.17, 15) is 19.5 Å². The quantitative estimate of drug-likeness (QED) is 0.0195. The van der Waals surface area contributed by atoms with Crippen LogP contribution < -0.4 is 5.11 Å². The minimum absolute atomic E-state index is 0.132. The molecule has 0 aliphatic carbocycles. The van der Waals surface area contributed by atoms with Crippen LogP contribution in [0.15, 0.2) is 158 Å². The van der Waals surface area contributed by atoms with E-state index in [1.165, 1.54) is 96.3 Å². The Hall–Kier alpha value is -5.09. The number of carbonyl (C=O) groups is 3. The lowest BCUT2D eigenvalue weighted by atomic mass is 10.0. The normalized spacial score (nSPS) is 13.8. The number of nitrogens with zero attached hydrogens (tertiary/aromatic N) is 1. The van der Waals surface area contributed by atoms with Crippen LogP contribution in [0.1, 0.15) is 245 Å². The number of carbonyl (C=O) groups excluding carboxylic acids is 3. The number of hydrogen-bond donors (Lipinski definition) is 0. The van der Waals surface area contributed by atoms with Gasteiger partial charge < -0.3 is 33.3 Å². The van der Waals surface area contributed by atoms with Crippen molar-refractivity contribution < 1.29 is 42.9 Å². The summed E-state index contributed by atoms with van der Waals surface area (Å²) in [7, 11) is 5.90. The molecule has 85 heavy (non-hydrogen) atoms. The Morgan fingerprint density at radius 2 is 0.671 bits per heavy atom. The van der Waals surface area contributed by atoms with Gasteiger partial charge in [0, 0.05) is 12.8 Å². The number of esters is 2. The highest BCUT2D eigenvalue weighted by Gasteiger charge is 2.22. The van der Waals surface area contributed by atoms with Crippen molar-refractivity contribution in [1.82, 2.24) is 0 Å². The summed E-state index contributed by atoms with van der Waals surface area (Å²) in [4.78, 5) is 37.4. The molecule has 0 amide bonds. The monoisotopic (exact) mass is 1180 g/mol. The van der Waals surface area contributed by atoms with Gasteiger partial charge in [-0.05, 0) is 128 Å². The van der Waals surface area contributed by atoms with E-state index in [4.69, 9.17) is 18.9 Å². The van der Waals surface area contributed by atoms with E-state index in [0.29, 0.717) is 17.4 Å². The van der Waals surface area contributed by atoms with Crippen LogP contribution in [-0.2, 0) is 33.3 Å². The smallest absolute Gasteiger partial charge is 0.306 e. The summed E-state index contributed by atoms with van der Waals surface area (Å²) < 4.78 is 22.7. The standard InChI is InChI=1S/C76H123NO8/c1-6-8-10-12-14-16-18-20-22-24-26-28-30-31-32-33-34-35-36-37-38-39-40-41-42-43-45-47-49-51-53-55-57-59-61-63-65-67-74(79)85-72(71-84-76(75(80)81)82-69-68-77(3,4)5)70-83-73(78)66-64-62-60-58-56-54-52-50-48-46-44-29-27-25-23-21-19-17-15-13-11-9-7-2/h8,10,14,16,19-22,25-28,31-32,34-35,37-38,40-41,43,45,49,51,55,57,72,76H,6-7,9,11-13,15,17-18,23-24,29-30,33,36,39,42,44,46-48,50,52-54,56,58-71H2,1-5H3/b10-8-,16-14-,21-19-,22-20-,27-25-,28-26-,32-31-,35-34-,38-37-,41-40-,45-43-,51-49-,57-55-. The molecule has 480 valence electrons. The average molecular weight is 1180 g/mol. The Kier molecular flexibility index (Phi) is 61.0. The molecule has 0 heterocycles. The van der Waals surface area contributed by atoms with Gasteiger partial charge in [0.05, 0.1) is 40.3 Å². The van der Waals surface area contributed by atoms with Crippen LogP contribution in [0.2, 0.25) is 0 Å². The highest BCUT2D eigenvalue weighted by atomic mass is 16.7. The first-order valence-corrected chi connectivity index (χ1v) is 33.6. The van der Waals surface area contributed by atoms with Crippen molar-refractivity contribution in [2.75, 3.05) is 47.5 Å². The Labute approximate surface area is 521 Å². The Balaban J connectivity index is 4.29. The zero-order chi connectivity index (χ0) is 61.9. The Bertz CT molecular complexity index is 1950. The van der Waals surface area contributed by atoms with Gasteiger partial charge in [0.25, 0.3) is 0 Å². The fraction of sp³-hybridized carbons (Fsp3) is 0.618. The largest absolute Gasteiger partial charge is 0.545 e. The van der Waals surface area contributed by atoms with Crippen molar-refractivity contribution in [3.8, 4) is 0 Å². The van der Waals surface area contributed by atoms with E-state index < -0.39 is 24.3 Å². The molecule has 2 unspecified atom stereocenters. The Morgan fingerprint density at radius 3 is 1.01 bits per heavy atom. The van der Waals surface area contributed by atoms with Crippen LogP contribution in [0.5, 0.6) is 0 Å². The van der Waals surface area contributed by atoms with Crippen LogP contribution in [0.25, 0.3) is 0 Å². The highest BCUT2D eigenvalue weighted by Crippen LogP contribution is 2.15. The first-order valence-electron chi connectivity index (χ1n) is 33.6. The van der Waals surface area contributed by atoms with Crippen molar-refractivity contribution in [3.63, 3.8) is 0 Å². The number of hydrogen-bond acceptors (Lipinski definition) is 8. The molecule has 0 spiro atoms. The van der Waals surface area contributed by atoms with Crippen molar-refractivity contribution in [2.45, 2.75) is 257 Å². The third-order valence-corrected chi connectivity index (χ3v) is 13.8. The summed E-state index contributed by atoms with van der Waals surface area (Å²) >= 11 is 0. The number of unbranched alkanes of at least 4 members (excludes halogenated alkanes) is 19. The lowest BCUT2D eigenvalue weighted by Crippen LogP contribution is -2.44. The second kappa shape index (κ2) is 64.9. The molecule has 0 radical (unpaired) electrons. The van der Waals surface area contributed by atoms with E-state index >= 15 is 0 Å². The summed E-state index contributed by atoms with van der Waals surface area (Å²) in [5.41, 5.74) is 0. The third-order valence-electron chi connectivity index (χ3n) is 13.8. The molecule has 0 saturated heterocycles. The number of aliphatic carboxylic acids is 1. The number of ether oxygens (including phenoxy) is 4. The third kappa shape index (κ3) is 66.3. The maximum absolute atomic E-state index is 12.9. The second-order valence-corrected chi connectivity index (χ2v) is 23.0. The van der Waals surface area contributed by atoms with E-state index in [-0.39, 0.29) is 38.6 Å². The maximum Gasteiger partial charge on any atom is 0.306 e. The van der Waals surface area contributed by atoms with E-state index in [1.807, 2.05) is 21.1 Å². The Morgan fingerprint density at radius 1 is 0.365 bits per heavy atom. The van der Waals surface area contributed by atoms with E-state index in [0.717, 1.165) is 116 Å². The molecule has 0 saturated carbocycles. The van der Waals surface area contributed by atoms with Gasteiger partial charge in [-0.25, -0.2) is 0 Å². The molecule has 0 bridgehead atoms. The zero-order valence-corrected chi connectivity index (χ0v) is 54.7. The molecular formula is C76H123NO8. The fourth-order valence-electron chi connectivity index (χ4n) is 8.63. The molecule has 0 aromatic heterocycles. The van der Waals surface area contributed by atoms with Gasteiger partial charge in [-0.3, -0.25) is 9.59 Å². The highest BCUT2D eigenvalue weighted by molar-refractivity contribution is 5.70. The second-order valence-electron chi connectivity index (χ2n) is 23.0. The SMILES string of the molecule is CC/C=C\C/C=C\C/C=C\C/C=C\C/C=C\C/C=C\C/C=C\C/C=C\C/C=C\C/C=C\C/C=C\CCCCCC(=O)OC(COC(=O)CCCCCCCCCCCCC/C=C\C/C=C\CCCCCCC)COC(OCC[N+](C)(C)C)C(=O)[O-]. The molecular weight excluding hydrogens is 1050 g/mol. The summed E-state index contributed by atoms with van der Waals surface area (Å²) in [5.74, 6) is -2.35. The molecule has 0 aromatic rings. The molecule has 0 aliphatic heterocycles. The van der Waals surface area contributed by atoms with E-state index in [2.05, 4.69) is 172 Å². The molecule has 0 aromatic carbocycles. The van der Waals surface area contributed by atoms with Crippen molar-refractivity contribution in [1.29, 1.82) is 0 Å². The van der Waals surface area contributed by atoms with Crippen LogP contribution >= 0.6 is 0 Å². The number of rotatable bonds is 60. The lowest BCUT2D eigenvalue weighted by Gasteiger charge is -2.26. The number of carboxylic acids is 1. The number of carboxylic acid groups (broad SMARTS) is 1. The molecule has 2 atom stereocenters. The van der Waals surface area contributed by atoms with Crippen LogP contribution in [0.4, 0.5) is 0 Å². The molecule has 0 aliphatic rings. The summed E-state index contributed by atoms with van der Waals surface area (Å²) in [6.45, 7) is 4.57. The van der Waals surface area contributed by atoms with Gasteiger partial charge in [0.1, 0.15) is 13.2 Å². The van der Waals surface area contributed by atoms with Crippen LogP contribution in [-0.4, -0.2) is 82.3 Å². The van der Waals surface area contributed by atoms with E-state index in [1.54, 1.807) is 0 Å². The summed E-state index contributed by atoms with van der Waals surface area (Å²) in [6.07, 6.45) is 93.1. The van der Waals surface area contributed by atoms with Gasteiger partial charge in [-0.2, -0.15) is 0 Å². The van der Waals surface area contributed by atoms with Crippen LogP contribution in [0, 0.1) is 0 Å². The molecule has 0 fully saturated rings. The number of allylic oxidation sites excluding steroid dienone is 26. The zero-order valence-electron chi connectivity index (χ0n) is 54.7. The fourth-order valence-corrected chi connectivity index (χ4v) is 8.63. The predicted octanol–water partition coefficient (Wildman–Crippen LogP) is 19.6. The molecule has 0 rings (SSSR count). The first kappa shape index (κ1) is 79.9. The minimum atomic E-state index is -1.64. The lowest BCUT2D eigenvalue weighted by molar-refractivity contribution is -0.870. The summed E-state index contributed by atoms with van der Waals surface area (Å²) in [5, 5.41) is 11.8. The maximum atomic E-state index is 12.9. The van der Waals surface area contributed by atoms with Gasteiger partial charge in [0.2, 0.25) is 0 Å². The van der Waals surface area contributed by atoms with Gasteiger partial charge in [-0.1, -0.05) is 262 Å². The van der Waals surface area contributed by atoms with Crippen molar-refractivity contribution in [2.24, 2.45) is 0 Å². The average Bonchev–Trinajstić information content (AvgIpc) is 3.48. The van der Waals surface area contributed by atoms with Crippen molar-refractivity contribution >= 4 is 17.9 Å². The minimum Gasteiger partial charge on any atom is -0.545 e. The topological polar surface area (TPSA) is 111 Å². The van der Waals surface area contributed by atoms with Gasteiger partial charge in [0.15, 0.2) is 12.4 Å². The molecule has 0 N–H and O–H groups in total. The van der Waals surface area contributed by atoms with Gasteiger partial charge >= 0.3 is 11.9 Å². The first-order chi connectivity index (χ1) is 41.6. The predicted molar refractivity (Wildman–Crippen MR) is 361 cm³/mol. The number of quaternary nitrogens is 1. The van der Waals surface area contributed by atoms with Gasteiger partial charge in [-0.15, -0.1) is 0 Å². The summed E-state index contributed by atoms with van der Waals surface area (Å²) in [6, 6.07) is 0. The van der Waals surface area contributed by atoms with Crippen LogP contribution in [0.3, 0.4) is 0 Å².